The van der Waals surface area contributed by atoms with Crippen LogP contribution in [0.3, 0.4) is 0 Å². The quantitative estimate of drug-likeness (QED) is 0.498. The molecule has 2 aromatic carbocycles. The summed E-state index contributed by atoms with van der Waals surface area (Å²) in [5.41, 5.74) is 3.11. The molecule has 0 saturated heterocycles. The van der Waals surface area contributed by atoms with Crippen LogP contribution in [0.25, 0.3) is 0 Å². The van der Waals surface area contributed by atoms with Gasteiger partial charge in [-0.05, 0) is 61.7 Å². The minimum Gasteiger partial charge on any atom is -0.331 e. The number of halogens is 2. The second-order valence-corrected chi connectivity index (χ2v) is 9.88. The highest BCUT2D eigenvalue weighted by Gasteiger charge is 2.20. The van der Waals surface area contributed by atoms with Crippen LogP contribution in [0.1, 0.15) is 37.5 Å². The number of benzene rings is 2. The average Bonchev–Trinajstić information content (AvgIpc) is 3.21. The highest BCUT2D eigenvalue weighted by molar-refractivity contribution is 7.90. The van der Waals surface area contributed by atoms with E-state index >= 15 is 0 Å². The summed E-state index contributed by atoms with van der Waals surface area (Å²) in [4.78, 5) is 12.4. The van der Waals surface area contributed by atoms with Gasteiger partial charge in [0.2, 0.25) is 0 Å². The first-order valence-corrected chi connectivity index (χ1v) is 12.2. The van der Waals surface area contributed by atoms with Crippen molar-refractivity contribution >= 4 is 21.6 Å². The van der Waals surface area contributed by atoms with Crippen molar-refractivity contribution in [2.24, 2.45) is 0 Å². The molecule has 2 amide bonds. The number of allylic oxidation sites excluding steroid dienone is 2. The Kier molecular flexibility index (Phi) is 7.65. The second kappa shape index (κ2) is 10.3. The molecule has 176 valence electrons. The predicted octanol–water partition coefficient (Wildman–Crippen LogP) is 4.89. The van der Waals surface area contributed by atoms with Gasteiger partial charge in [0, 0.05) is 24.4 Å². The molecule has 0 aliphatic carbocycles. The van der Waals surface area contributed by atoms with Crippen LogP contribution in [-0.4, -0.2) is 20.5 Å². The zero-order chi connectivity index (χ0) is 24.2. The van der Waals surface area contributed by atoms with Gasteiger partial charge in [0.1, 0.15) is 11.7 Å². The number of hydrogen-bond donors (Lipinski definition) is 3. The van der Waals surface area contributed by atoms with E-state index < -0.39 is 33.6 Å². The Morgan fingerprint density at radius 2 is 1.79 bits per heavy atom. The molecule has 2 aromatic rings. The topological polar surface area (TPSA) is 87.3 Å². The van der Waals surface area contributed by atoms with Crippen LogP contribution in [0.5, 0.6) is 0 Å². The fourth-order valence-electron chi connectivity index (χ4n) is 3.75. The average molecular weight is 476 g/mol. The Bertz CT molecular complexity index is 1200. The van der Waals surface area contributed by atoms with Gasteiger partial charge in [-0.15, -0.1) is 0 Å². The van der Waals surface area contributed by atoms with Gasteiger partial charge in [-0.25, -0.2) is 22.0 Å². The molecule has 3 N–H and O–H groups in total. The number of sulfone groups is 1. The van der Waals surface area contributed by atoms with E-state index in [9.17, 15) is 22.0 Å². The van der Waals surface area contributed by atoms with Gasteiger partial charge in [-0.2, -0.15) is 0 Å². The summed E-state index contributed by atoms with van der Waals surface area (Å²) >= 11 is 0. The van der Waals surface area contributed by atoms with Crippen LogP contribution in [0.15, 0.2) is 70.7 Å². The minimum atomic E-state index is -3.57. The van der Waals surface area contributed by atoms with E-state index in [0.29, 0.717) is 11.3 Å². The van der Waals surface area contributed by atoms with Gasteiger partial charge in [0.25, 0.3) is 0 Å². The number of nitrogens with one attached hydrogen (secondary N) is 3. The molecule has 1 unspecified atom stereocenters. The molecule has 1 atom stereocenters. The van der Waals surface area contributed by atoms with Crippen molar-refractivity contribution in [1.82, 2.24) is 10.6 Å². The molecular formula is C24H27F2N3O3S. The normalized spacial score (nSPS) is 15.5. The molecule has 0 fully saturated rings. The summed E-state index contributed by atoms with van der Waals surface area (Å²) < 4.78 is 53.2. The minimum absolute atomic E-state index is 0.126. The molecule has 1 aliphatic heterocycles. The largest absolute Gasteiger partial charge is 0.331 e. The lowest BCUT2D eigenvalue weighted by molar-refractivity contribution is 0.250. The van der Waals surface area contributed by atoms with Gasteiger partial charge in [0.15, 0.2) is 9.84 Å². The number of carbonyl (C=O) groups is 1. The van der Waals surface area contributed by atoms with Gasteiger partial charge >= 0.3 is 6.03 Å². The van der Waals surface area contributed by atoms with Crippen LogP contribution < -0.4 is 16.0 Å². The number of hydrogen-bond acceptors (Lipinski definition) is 4. The molecule has 0 bridgehead atoms. The van der Waals surface area contributed by atoms with Gasteiger partial charge in [-0.3, -0.25) is 0 Å². The van der Waals surface area contributed by atoms with Crippen LogP contribution in [0.2, 0.25) is 0 Å². The summed E-state index contributed by atoms with van der Waals surface area (Å²) in [5, 5.41) is 8.24. The number of carbonyl (C=O) groups excluding carboxylic acids is 1. The van der Waals surface area contributed by atoms with Crippen LogP contribution in [-0.2, 0) is 28.7 Å². The zero-order valence-electron chi connectivity index (χ0n) is 18.7. The Balaban J connectivity index is 1.64. The van der Waals surface area contributed by atoms with E-state index in [-0.39, 0.29) is 16.2 Å². The van der Waals surface area contributed by atoms with Crippen molar-refractivity contribution in [2.45, 2.75) is 50.6 Å². The van der Waals surface area contributed by atoms with Crippen molar-refractivity contribution in [2.75, 3.05) is 5.32 Å². The molecule has 3 rings (SSSR count). The van der Waals surface area contributed by atoms with Crippen molar-refractivity contribution < 1.29 is 22.0 Å². The molecule has 1 heterocycles. The molecular weight excluding hydrogens is 448 g/mol. The summed E-state index contributed by atoms with van der Waals surface area (Å²) in [6, 6.07) is 9.86. The van der Waals surface area contributed by atoms with Crippen LogP contribution in [0.4, 0.5) is 19.3 Å². The molecule has 0 aromatic heterocycles. The fourth-order valence-corrected chi connectivity index (χ4v) is 5.08. The Labute approximate surface area is 192 Å². The lowest BCUT2D eigenvalue weighted by Crippen LogP contribution is -2.37. The Morgan fingerprint density at radius 1 is 1.12 bits per heavy atom. The number of urea groups is 1. The standard InChI is InChI=1S/C24H27F2N3O3S/c1-4-22(26)23(15(2)25)16(3)28-24(30)29-20-7-9-21(10-8-20)33(31,32)14-17-5-6-18-12-27-13-19(18)11-17/h4-11,16,27H,12-14H2,1-3H3,(H2,28,29,30)/b22-4+,23-15+. The third-order valence-corrected chi connectivity index (χ3v) is 7.10. The van der Waals surface area contributed by atoms with Gasteiger partial charge < -0.3 is 16.0 Å². The zero-order valence-corrected chi connectivity index (χ0v) is 19.5. The number of amides is 2. The fraction of sp³-hybridized carbons (Fsp3) is 0.292. The SMILES string of the molecule is C/C=C(F)\C(=C(/C)F)C(C)NC(=O)Nc1ccc(S(=O)(=O)Cc2ccc3c(c2)CNC3)cc1. The molecule has 9 heteroatoms. The van der Waals surface area contributed by atoms with Crippen LogP contribution >= 0.6 is 0 Å². The summed E-state index contributed by atoms with van der Waals surface area (Å²) in [6.07, 6.45) is 1.12. The van der Waals surface area contributed by atoms with Crippen molar-refractivity contribution in [3.63, 3.8) is 0 Å². The maximum absolute atomic E-state index is 13.9. The molecule has 1 aliphatic rings. The summed E-state index contributed by atoms with van der Waals surface area (Å²) in [7, 11) is -3.57. The Morgan fingerprint density at radius 3 is 2.42 bits per heavy atom. The van der Waals surface area contributed by atoms with E-state index in [2.05, 4.69) is 16.0 Å². The first kappa shape index (κ1) is 24.6. The van der Waals surface area contributed by atoms with Gasteiger partial charge in [0.05, 0.1) is 16.7 Å². The van der Waals surface area contributed by atoms with Crippen molar-refractivity contribution in [3.05, 3.63) is 82.5 Å². The van der Waals surface area contributed by atoms with E-state index in [1.807, 2.05) is 18.2 Å². The predicted molar refractivity (Wildman–Crippen MR) is 125 cm³/mol. The highest BCUT2D eigenvalue weighted by atomic mass is 32.2. The van der Waals surface area contributed by atoms with Crippen molar-refractivity contribution in [3.8, 4) is 0 Å². The number of fused-ring (bicyclic) bond motifs is 1. The third-order valence-electron chi connectivity index (χ3n) is 5.39. The highest BCUT2D eigenvalue weighted by Crippen LogP contribution is 2.23. The van der Waals surface area contributed by atoms with E-state index in [0.717, 1.165) is 31.7 Å². The van der Waals surface area contributed by atoms with Crippen molar-refractivity contribution in [1.29, 1.82) is 0 Å². The molecule has 0 saturated carbocycles. The lowest BCUT2D eigenvalue weighted by Gasteiger charge is -2.17. The third kappa shape index (κ3) is 6.06. The van der Waals surface area contributed by atoms with E-state index in [4.69, 9.17) is 0 Å². The van der Waals surface area contributed by atoms with Gasteiger partial charge in [-0.1, -0.05) is 24.3 Å². The van der Waals surface area contributed by atoms with E-state index in [1.165, 1.54) is 43.7 Å². The second-order valence-electron chi connectivity index (χ2n) is 7.89. The monoisotopic (exact) mass is 475 g/mol. The first-order chi connectivity index (χ1) is 15.6. The smallest absolute Gasteiger partial charge is 0.319 e. The molecule has 6 nitrogen and oxygen atoms in total. The van der Waals surface area contributed by atoms with E-state index in [1.54, 1.807) is 0 Å². The van der Waals surface area contributed by atoms with Crippen LogP contribution in [0, 0.1) is 0 Å². The lowest BCUT2D eigenvalue weighted by atomic mass is 10.1. The number of anilines is 1. The molecule has 0 spiro atoms. The molecule has 33 heavy (non-hydrogen) atoms. The molecule has 0 radical (unpaired) electrons. The summed E-state index contributed by atoms with van der Waals surface area (Å²) in [6.45, 7) is 5.54. The summed E-state index contributed by atoms with van der Waals surface area (Å²) in [5.74, 6) is -1.61. The maximum atomic E-state index is 13.9. The first-order valence-electron chi connectivity index (χ1n) is 10.5. The number of rotatable bonds is 7. The maximum Gasteiger partial charge on any atom is 0.319 e. The Hall–Kier alpha value is -3.04.